The van der Waals surface area contributed by atoms with Crippen molar-refractivity contribution in [2.75, 3.05) is 0 Å². The van der Waals surface area contributed by atoms with E-state index in [0.717, 1.165) is 35.4 Å². The fourth-order valence-electron chi connectivity index (χ4n) is 4.54. The number of Topliss-reactive ketones (excluding diaryl/α,β-unsaturated/α-hetero) is 2. The van der Waals surface area contributed by atoms with Crippen LogP contribution in [0.2, 0.25) is 0 Å². The Hall–Kier alpha value is -1.86. The first-order valence-corrected chi connectivity index (χ1v) is 16.9. The van der Waals surface area contributed by atoms with Crippen LogP contribution in [0.5, 0.6) is 0 Å². The summed E-state index contributed by atoms with van der Waals surface area (Å²) in [6.07, 6.45) is 11.5. The molecule has 4 aromatic heterocycles. The van der Waals surface area contributed by atoms with Gasteiger partial charge in [0.2, 0.25) is 0 Å². The zero-order chi connectivity index (χ0) is 26.0. The van der Waals surface area contributed by atoms with Crippen molar-refractivity contribution in [2.24, 2.45) is 0 Å². The van der Waals surface area contributed by atoms with Gasteiger partial charge < -0.3 is 0 Å². The van der Waals surface area contributed by atoms with Crippen molar-refractivity contribution in [1.29, 1.82) is 0 Å². The molecule has 37 heavy (non-hydrogen) atoms. The van der Waals surface area contributed by atoms with Crippen LogP contribution in [-0.4, -0.2) is 11.6 Å². The Balaban J connectivity index is 1.49. The first-order valence-electron chi connectivity index (χ1n) is 13.5. The average molecular weight is 569 g/mol. The van der Waals surface area contributed by atoms with Crippen LogP contribution in [-0.2, 0) is 12.8 Å². The smallest absolute Gasteiger partial charge is 0.180 e. The lowest BCUT2D eigenvalue weighted by molar-refractivity contribution is 0.0898. The monoisotopic (exact) mass is 568 g/mol. The quantitative estimate of drug-likeness (QED) is 0.0765. The van der Waals surface area contributed by atoms with Gasteiger partial charge in [-0.2, -0.15) is 0 Å². The Morgan fingerprint density at radius 3 is 1.49 bits per heavy atom. The summed E-state index contributed by atoms with van der Waals surface area (Å²) >= 11 is 6.56. The molecule has 196 valence electrons. The van der Waals surface area contributed by atoms with Crippen LogP contribution in [0.1, 0.15) is 102 Å². The molecule has 6 heteroatoms. The topological polar surface area (TPSA) is 34.1 Å². The third-order valence-electron chi connectivity index (χ3n) is 6.58. The van der Waals surface area contributed by atoms with Crippen molar-refractivity contribution in [3.05, 3.63) is 68.0 Å². The Morgan fingerprint density at radius 2 is 1.11 bits per heavy atom. The van der Waals surface area contributed by atoms with E-state index < -0.39 is 0 Å². The number of rotatable bonds is 16. The maximum atomic E-state index is 13.3. The van der Waals surface area contributed by atoms with Gasteiger partial charge in [-0.1, -0.05) is 64.5 Å². The molecule has 4 aromatic rings. The molecule has 0 bridgehead atoms. The van der Waals surface area contributed by atoms with Gasteiger partial charge in [-0.05, 0) is 71.8 Å². The van der Waals surface area contributed by atoms with E-state index in [2.05, 4.69) is 61.0 Å². The van der Waals surface area contributed by atoms with Gasteiger partial charge in [-0.15, -0.1) is 45.3 Å². The van der Waals surface area contributed by atoms with Crippen LogP contribution in [0.4, 0.5) is 0 Å². The van der Waals surface area contributed by atoms with Crippen molar-refractivity contribution < 1.29 is 9.59 Å². The molecule has 0 spiro atoms. The molecule has 0 amide bonds. The highest BCUT2D eigenvalue weighted by Crippen LogP contribution is 2.39. The van der Waals surface area contributed by atoms with E-state index in [1.54, 1.807) is 45.3 Å². The first kappa shape index (κ1) is 28.2. The van der Waals surface area contributed by atoms with E-state index >= 15 is 0 Å². The number of carbonyl (C=O) groups excluding carboxylic acids is 2. The summed E-state index contributed by atoms with van der Waals surface area (Å²) in [6, 6.07) is 12.5. The summed E-state index contributed by atoms with van der Waals surface area (Å²) in [5.41, 5.74) is 2.51. The van der Waals surface area contributed by atoms with Gasteiger partial charge >= 0.3 is 0 Å². The maximum Gasteiger partial charge on any atom is 0.180 e. The normalized spacial score (nSPS) is 11.3. The van der Waals surface area contributed by atoms with Gasteiger partial charge in [0, 0.05) is 19.5 Å². The zero-order valence-electron chi connectivity index (χ0n) is 21.8. The van der Waals surface area contributed by atoms with Crippen molar-refractivity contribution in [1.82, 2.24) is 0 Å². The van der Waals surface area contributed by atoms with E-state index in [1.807, 2.05) is 0 Å². The second-order valence-corrected chi connectivity index (χ2v) is 13.5. The van der Waals surface area contributed by atoms with E-state index in [-0.39, 0.29) is 18.0 Å². The first-order chi connectivity index (χ1) is 18.1. The fourth-order valence-corrected chi connectivity index (χ4v) is 8.61. The minimum atomic E-state index is -0.0562. The minimum absolute atomic E-state index is 0.0526. The van der Waals surface area contributed by atoms with E-state index in [0.29, 0.717) is 0 Å². The summed E-state index contributed by atoms with van der Waals surface area (Å²) in [5.74, 6) is -0.105. The maximum absolute atomic E-state index is 13.3. The van der Waals surface area contributed by atoms with Gasteiger partial charge in [0.25, 0.3) is 0 Å². The van der Waals surface area contributed by atoms with Crippen molar-refractivity contribution in [3.8, 4) is 19.5 Å². The number of thiophene rings is 4. The lowest BCUT2D eigenvalue weighted by Gasteiger charge is -2.01. The van der Waals surface area contributed by atoms with Crippen molar-refractivity contribution in [3.63, 3.8) is 0 Å². The number of hydrogen-bond donors (Lipinski definition) is 0. The van der Waals surface area contributed by atoms with Gasteiger partial charge in [-0.25, -0.2) is 0 Å². The van der Waals surface area contributed by atoms with Crippen molar-refractivity contribution in [2.45, 2.75) is 84.5 Å². The SMILES string of the molecule is CCCCCCc1cc(C(=O)CC(=O)c2cc(CCCCCC)c(-c3cccs3)s2)sc1-c1cccs1. The molecule has 0 aliphatic rings. The van der Waals surface area contributed by atoms with Crippen LogP contribution in [0, 0.1) is 0 Å². The molecule has 0 N–H and O–H groups in total. The third kappa shape index (κ3) is 7.60. The summed E-state index contributed by atoms with van der Waals surface area (Å²) in [5, 5.41) is 4.17. The predicted octanol–water partition coefficient (Wildman–Crippen LogP) is 11.0. The summed E-state index contributed by atoms with van der Waals surface area (Å²) in [7, 11) is 0. The Kier molecular flexibility index (Phi) is 10.9. The van der Waals surface area contributed by atoms with E-state index in [1.165, 1.54) is 69.2 Å². The Labute approximate surface area is 237 Å². The minimum Gasteiger partial charge on any atom is -0.293 e. The molecule has 0 fully saturated rings. The van der Waals surface area contributed by atoms with Gasteiger partial charge in [-0.3, -0.25) is 9.59 Å². The lowest BCUT2D eigenvalue weighted by atomic mass is 10.0. The van der Waals surface area contributed by atoms with Crippen LogP contribution in [0.25, 0.3) is 19.5 Å². The lowest BCUT2D eigenvalue weighted by Crippen LogP contribution is -2.06. The number of hydrogen-bond acceptors (Lipinski definition) is 6. The zero-order valence-corrected chi connectivity index (χ0v) is 25.1. The molecule has 0 aromatic carbocycles. The second kappa shape index (κ2) is 14.3. The molecule has 0 saturated carbocycles. The van der Waals surface area contributed by atoms with Crippen LogP contribution >= 0.6 is 45.3 Å². The number of aryl methyl sites for hydroxylation is 2. The molecule has 0 aliphatic carbocycles. The molecule has 2 nitrogen and oxygen atoms in total. The Bertz CT molecular complexity index is 1160. The van der Waals surface area contributed by atoms with E-state index in [4.69, 9.17) is 0 Å². The summed E-state index contributed by atoms with van der Waals surface area (Å²) in [6.45, 7) is 4.45. The average Bonchev–Trinajstić information content (AvgIpc) is 3.70. The summed E-state index contributed by atoms with van der Waals surface area (Å²) in [4.78, 5) is 32.9. The highest BCUT2D eigenvalue weighted by atomic mass is 32.1. The molecule has 0 aliphatic heterocycles. The van der Waals surface area contributed by atoms with E-state index in [9.17, 15) is 9.59 Å². The molecular weight excluding hydrogens is 533 g/mol. The Morgan fingerprint density at radius 1 is 0.649 bits per heavy atom. The fraction of sp³-hybridized carbons (Fsp3) is 0.419. The molecular formula is C31H36O2S4. The molecule has 4 rings (SSSR count). The molecule has 0 atom stereocenters. The molecule has 0 radical (unpaired) electrons. The van der Waals surface area contributed by atoms with Crippen LogP contribution in [0.15, 0.2) is 47.2 Å². The standard InChI is InChI=1S/C31H36O2S4/c1-3-5-7-9-13-22-19-28(36-30(22)26-15-11-17-34-26)24(32)21-25(33)29-20-23(14-10-8-6-4-2)31(37-29)27-16-12-18-35-27/h11-12,15-20H,3-10,13-14,21H2,1-2H3. The number of ketones is 2. The van der Waals surface area contributed by atoms with Crippen molar-refractivity contribution >= 4 is 56.9 Å². The largest absolute Gasteiger partial charge is 0.293 e. The van der Waals surface area contributed by atoms with Crippen LogP contribution < -0.4 is 0 Å². The highest BCUT2D eigenvalue weighted by Gasteiger charge is 2.22. The molecule has 4 heterocycles. The third-order valence-corrected chi connectivity index (χ3v) is 11.1. The van der Waals surface area contributed by atoms with Gasteiger partial charge in [0.15, 0.2) is 11.6 Å². The second-order valence-electron chi connectivity index (χ2n) is 9.53. The highest BCUT2D eigenvalue weighted by molar-refractivity contribution is 7.23. The number of carbonyl (C=O) groups is 2. The molecule has 0 saturated heterocycles. The summed E-state index contributed by atoms with van der Waals surface area (Å²) < 4.78 is 0. The van der Waals surface area contributed by atoms with Gasteiger partial charge in [0.1, 0.15) is 0 Å². The van der Waals surface area contributed by atoms with Crippen LogP contribution in [0.3, 0.4) is 0 Å². The molecule has 0 unspecified atom stereocenters. The predicted molar refractivity (Wildman–Crippen MR) is 164 cm³/mol. The number of unbranched alkanes of at least 4 members (excludes halogenated alkanes) is 6. The van der Waals surface area contributed by atoms with Gasteiger partial charge in [0.05, 0.1) is 16.2 Å².